The van der Waals surface area contributed by atoms with E-state index in [9.17, 15) is 0 Å². The maximum absolute atomic E-state index is 5.51. The van der Waals surface area contributed by atoms with Crippen molar-refractivity contribution in [2.24, 2.45) is 0 Å². The molecular weight excluding hydrogens is 162 g/mol. The molecule has 1 heterocycles. The molecule has 76 valence electrons. The molecule has 0 N–H and O–H groups in total. The molecule has 0 amide bonds. The van der Waals surface area contributed by atoms with Crippen LogP contribution in [0.15, 0.2) is 11.8 Å². The van der Waals surface area contributed by atoms with Crippen LogP contribution in [-0.2, 0) is 4.74 Å². The second kappa shape index (κ2) is 5.28. The Labute approximate surface area is 81.6 Å². The van der Waals surface area contributed by atoms with Crippen LogP contribution in [0.3, 0.4) is 0 Å². The Morgan fingerprint density at radius 1 is 1.54 bits per heavy atom. The summed E-state index contributed by atoms with van der Waals surface area (Å²) in [7, 11) is 0. The van der Waals surface area contributed by atoms with Crippen LogP contribution in [0.4, 0.5) is 0 Å². The number of hydrogen-bond acceptors (Lipinski definition) is 2. The van der Waals surface area contributed by atoms with Crippen molar-refractivity contribution >= 4 is 0 Å². The average molecular weight is 183 g/mol. The molecule has 0 aromatic carbocycles. The summed E-state index contributed by atoms with van der Waals surface area (Å²) in [5.74, 6) is 0. The minimum absolute atomic E-state index is 0.389. The van der Waals surface area contributed by atoms with Gasteiger partial charge >= 0.3 is 0 Å². The molecule has 1 rings (SSSR count). The summed E-state index contributed by atoms with van der Waals surface area (Å²) in [6, 6.07) is 0. The van der Waals surface area contributed by atoms with Gasteiger partial charge in [0.05, 0.1) is 12.7 Å². The van der Waals surface area contributed by atoms with Gasteiger partial charge in [-0.25, -0.2) is 0 Å². The third-order valence-electron chi connectivity index (χ3n) is 2.45. The maximum atomic E-state index is 5.51. The van der Waals surface area contributed by atoms with E-state index >= 15 is 0 Å². The summed E-state index contributed by atoms with van der Waals surface area (Å²) in [6.07, 6.45) is 4.99. The highest BCUT2D eigenvalue weighted by molar-refractivity contribution is 5.01. The average Bonchev–Trinajstić information content (AvgIpc) is 2.14. The fourth-order valence-electron chi connectivity index (χ4n) is 1.81. The summed E-state index contributed by atoms with van der Waals surface area (Å²) in [6.45, 7) is 9.55. The molecule has 0 bridgehead atoms. The standard InChI is InChI=1S/C11H21NO/c1-4-6-11(5-2)12-7-8-13-10(3)9-12/h6,10H,4-5,7-9H2,1-3H3. The lowest BCUT2D eigenvalue weighted by molar-refractivity contribution is -0.00683. The molecule has 1 unspecified atom stereocenters. The zero-order chi connectivity index (χ0) is 9.68. The predicted molar refractivity (Wildman–Crippen MR) is 55.7 cm³/mol. The fourth-order valence-corrected chi connectivity index (χ4v) is 1.81. The SMILES string of the molecule is CCC=C(CC)N1CCOC(C)C1. The highest BCUT2D eigenvalue weighted by Gasteiger charge is 2.17. The molecule has 13 heavy (non-hydrogen) atoms. The van der Waals surface area contributed by atoms with E-state index in [0.29, 0.717) is 6.10 Å². The van der Waals surface area contributed by atoms with Gasteiger partial charge in [-0.2, -0.15) is 0 Å². The zero-order valence-electron chi connectivity index (χ0n) is 9.05. The molecule has 0 spiro atoms. The molecule has 0 aromatic heterocycles. The third-order valence-corrected chi connectivity index (χ3v) is 2.45. The Bertz CT molecular complexity index is 177. The lowest BCUT2D eigenvalue weighted by Crippen LogP contribution is -2.40. The molecular formula is C11H21NO. The van der Waals surface area contributed by atoms with Crippen molar-refractivity contribution in [1.82, 2.24) is 4.90 Å². The zero-order valence-corrected chi connectivity index (χ0v) is 9.05. The van der Waals surface area contributed by atoms with Gasteiger partial charge in [-0.1, -0.05) is 19.9 Å². The minimum Gasteiger partial charge on any atom is -0.375 e. The van der Waals surface area contributed by atoms with E-state index in [1.54, 1.807) is 0 Å². The van der Waals surface area contributed by atoms with Gasteiger partial charge in [0.25, 0.3) is 0 Å². The summed E-state index contributed by atoms with van der Waals surface area (Å²) in [5, 5.41) is 0. The van der Waals surface area contributed by atoms with E-state index in [2.05, 4.69) is 31.7 Å². The molecule has 1 saturated heterocycles. The number of allylic oxidation sites excluding steroid dienone is 2. The molecule has 1 aliphatic rings. The summed E-state index contributed by atoms with van der Waals surface area (Å²) in [5.41, 5.74) is 1.48. The monoisotopic (exact) mass is 183 g/mol. The van der Waals surface area contributed by atoms with Gasteiger partial charge in [0.2, 0.25) is 0 Å². The quantitative estimate of drug-likeness (QED) is 0.666. The molecule has 0 aromatic rings. The second-order valence-electron chi connectivity index (χ2n) is 3.58. The third kappa shape index (κ3) is 3.03. The van der Waals surface area contributed by atoms with Crippen molar-refractivity contribution in [2.45, 2.75) is 39.7 Å². The fraction of sp³-hybridized carbons (Fsp3) is 0.818. The van der Waals surface area contributed by atoms with E-state index in [4.69, 9.17) is 4.74 Å². The van der Waals surface area contributed by atoms with Gasteiger partial charge in [0, 0.05) is 18.8 Å². The van der Waals surface area contributed by atoms with Crippen LogP contribution in [0.5, 0.6) is 0 Å². The van der Waals surface area contributed by atoms with Crippen LogP contribution >= 0.6 is 0 Å². The molecule has 1 aliphatic heterocycles. The Hall–Kier alpha value is -0.500. The van der Waals surface area contributed by atoms with Crippen LogP contribution in [0, 0.1) is 0 Å². The van der Waals surface area contributed by atoms with E-state index in [0.717, 1.165) is 32.5 Å². The molecule has 1 fully saturated rings. The van der Waals surface area contributed by atoms with Gasteiger partial charge in [0.1, 0.15) is 0 Å². The Kier molecular flexibility index (Phi) is 4.29. The van der Waals surface area contributed by atoms with Gasteiger partial charge < -0.3 is 9.64 Å². The van der Waals surface area contributed by atoms with Crippen LogP contribution in [0.2, 0.25) is 0 Å². The van der Waals surface area contributed by atoms with Crippen LogP contribution in [-0.4, -0.2) is 30.7 Å². The van der Waals surface area contributed by atoms with Crippen molar-refractivity contribution in [3.8, 4) is 0 Å². The molecule has 2 nitrogen and oxygen atoms in total. The smallest absolute Gasteiger partial charge is 0.0722 e. The van der Waals surface area contributed by atoms with E-state index in [1.165, 1.54) is 5.70 Å². The van der Waals surface area contributed by atoms with Gasteiger partial charge in [-0.3, -0.25) is 0 Å². The largest absolute Gasteiger partial charge is 0.375 e. The number of hydrogen-bond donors (Lipinski definition) is 0. The first kappa shape index (κ1) is 10.6. The number of ether oxygens (including phenoxy) is 1. The second-order valence-corrected chi connectivity index (χ2v) is 3.58. The summed E-state index contributed by atoms with van der Waals surface area (Å²) >= 11 is 0. The Morgan fingerprint density at radius 3 is 2.85 bits per heavy atom. The molecule has 2 heteroatoms. The maximum Gasteiger partial charge on any atom is 0.0722 e. The molecule has 0 aliphatic carbocycles. The lowest BCUT2D eigenvalue weighted by atomic mass is 10.2. The molecule has 0 saturated carbocycles. The van der Waals surface area contributed by atoms with E-state index in [1.807, 2.05) is 0 Å². The number of morpholine rings is 1. The van der Waals surface area contributed by atoms with Crippen molar-refractivity contribution in [2.75, 3.05) is 19.7 Å². The topological polar surface area (TPSA) is 12.5 Å². The van der Waals surface area contributed by atoms with Crippen molar-refractivity contribution < 1.29 is 4.74 Å². The van der Waals surface area contributed by atoms with E-state index < -0.39 is 0 Å². The van der Waals surface area contributed by atoms with Crippen LogP contribution in [0.25, 0.3) is 0 Å². The van der Waals surface area contributed by atoms with Gasteiger partial charge in [0.15, 0.2) is 0 Å². The number of rotatable bonds is 3. The normalized spacial score (nSPS) is 25.0. The first-order valence-electron chi connectivity index (χ1n) is 5.33. The summed E-state index contributed by atoms with van der Waals surface area (Å²) < 4.78 is 5.51. The van der Waals surface area contributed by atoms with E-state index in [-0.39, 0.29) is 0 Å². The first-order chi connectivity index (χ1) is 6.27. The Morgan fingerprint density at radius 2 is 2.31 bits per heavy atom. The van der Waals surface area contributed by atoms with Crippen molar-refractivity contribution in [3.63, 3.8) is 0 Å². The minimum atomic E-state index is 0.389. The highest BCUT2D eigenvalue weighted by Crippen LogP contribution is 2.14. The molecule has 0 radical (unpaired) electrons. The van der Waals surface area contributed by atoms with Crippen LogP contribution in [0.1, 0.15) is 33.6 Å². The van der Waals surface area contributed by atoms with Gasteiger partial charge in [-0.05, 0) is 19.8 Å². The Balaban J connectivity index is 2.52. The first-order valence-corrected chi connectivity index (χ1v) is 5.33. The van der Waals surface area contributed by atoms with Gasteiger partial charge in [-0.15, -0.1) is 0 Å². The van der Waals surface area contributed by atoms with Crippen LogP contribution < -0.4 is 0 Å². The van der Waals surface area contributed by atoms with Crippen molar-refractivity contribution in [3.05, 3.63) is 11.8 Å². The summed E-state index contributed by atoms with van der Waals surface area (Å²) in [4.78, 5) is 2.46. The molecule has 1 atom stereocenters. The highest BCUT2D eigenvalue weighted by atomic mass is 16.5. The number of nitrogens with zero attached hydrogens (tertiary/aromatic N) is 1. The van der Waals surface area contributed by atoms with Crippen molar-refractivity contribution in [1.29, 1.82) is 0 Å². The lowest BCUT2D eigenvalue weighted by Gasteiger charge is -2.34. The predicted octanol–water partition coefficient (Wildman–Crippen LogP) is 2.41.